The van der Waals surface area contributed by atoms with Crippen molar-refractivity contribution in [2.45, 2.75) is 43.0 Å². The van der Waals surface area contributed by atoms with Crippen molar-refractivity contribution >= 4 is 45.4 Å². The number of nitrogens with one attached hydrogen (secondary N) is 4. The first kappa shape index (κ1) is 30.8. The molecule has 0 aliphatic rings. The van der Waals surface area contributed by atoms with Gasteiger partial charge in [-0.15, -0.1) is 0 Å². The number of sulfonamides is 1. The monoisotopic (exact) mass is 565 g/mol. The van der Waals surface area contributed by atoms with Gasteiger partial charge < -0.3 is 26.6 Å². The number of carbonyl (C=O) groups excluding carboxylic acids is 2. The Morgan fingerprint density at radius 2 is 1.61 bits per heavy atom. The molecule has 0 heterocycles. The molecule has 14 heteroatoms. The minimum Gasteiger partial charge on any atom is -0.478 e. The van der Waals surface area contributed by atoms with E-state index in [0.29, 0.717) is 11.3 Å². The molecule has 2 amide bonds. The van der Waals surface area contributed by atoms with Gasteiger partial charge in [0.05, 0.1) is 16.6 Å². The van der Waals surface area contributed by atoms with Crippen LogP contribution >= 0.6 is 11.8 Å². The number of nitrogen functional groups attached to an aromatic ring is 1. The van der Waals surface area contributed by atoms with E-state index < -0.39 is 46.0 Å². The van der Waals surface area contributed by atoms with Crippen LogP contribution in [0.5, 0.6) is 0 Å². The molecule has 0 aromatic heterocycles. The summed E-state index contributed by atoms with van der Waals surface area (Å²) in [5.74, 6) is -2.20. The quantitative estimate of drug-likeness (QED) is 0.123. The highest BCUT2D eigenvalue weighted by molar-refractivity contribution is 7.98. The highest BCUT2D eigenvalue weighted by atomic mass is 32.2. The number of rotatable bonds is 14. The van der Waals surface area contributed by atoms with E-state index >= 15 is 0 Å². The second kappa shape index (κ2) is 13.9. The highest BCUT2D eigenvalue weighted by Gasteiger charge is 2.32. The van der Waals surface area contributed by atoms with Crippen molar-refractivity contribution < 1.29 is 33.0 Å². The fraction of sp³-hybridized carbons (Fsp3) is 0.333. The molecule has 0 aliphatic heterocycles. The minimum absolute atomic E-state index is 0.0824. The molecular formula is C24H31N5O7S2. The topological polar surface area (TPSA) is 212 Å². The number of nitrogens with two attached hydrogens (primary N) is 1. The molecule has 0 saturated heterocycles. The second-order valence-electron chi connectivity index (χ2n) is 8.34. The predicted molar refractivity (Wildman–Crippen MR) is 143 cm³/mol. The molecule has 0 spiro atoms. The molecule has 8 N–H and O–H groups in total. The first-order chi connectivity index (χ1) is 17.9. The Bertz CT molecular complexity index is 1250. The van der Waals surface area contributed by atoms with Gasteiger partial charge in [0.2, 0.25) is 21.8 Å². The smallest absolute Gasteiger partial charge is 0.335 e. The maximum absolute atomic E-state index is 13.0. The number of carbonyl (C=O) groups is 3. The molecular weight excluding hydrogens is 534 g/mol. The fourth-order valence-corrected chi connectivity index (χ4v) is 5.00. The minimum atomic E-state index is -4.31. The van der Waals surface area contributed by atoms with Crippen LogP contribution in [0.1, 0.15) is 34.8 Å². The number of aromatic carboxylic acids is 1. The van der Waals surface area contributed by atoms with Crippen LogP contribution < -0.4 is 21.1 Å². The van der Waals surface area contributed by atoms with Crippen LogP contribution in [0, 0.1) is 5.41 Å². The Morgan fingerprint density at radius 1 is 1.03 bits per heavy atom. The summed E-state index contributed by atoms with van der Waals surface area (Å²) < 4.78 is 27.7. The number of aliphatic hydroxyl groups is 1. The average Bonchev–Trinajstić information content (AvgIpc) is 2.88. The molecule has 12 nitrogen and oxygen atoms in total. The summed E-state index contributed by atoms with van der Waals surface area (Å²) in [5, 5.41) is 31.8. The number of hydrogen-bond acceptors (Lipinski definition) is 8. The van der Waals surface area contributed by atoms with Gasteiger partial charge in [-0.2, -0.15) is 16.5 Å². The van der Waals surface area contributed by atoms with Crippen molar-refractivity contribution in [3.63, 3.8) is 0 Å². The van der Waals surface area contributed by atoms with Gasteiger partial charge in [0, 0.05) is 12.1 Å². The number of amidine groups is 1. The lowest BCUT2D eigenvalue weighted by Crippen LogP contribution is -2.57. The Balaban J connectivity index is 2.12. The molecule has 2 aromatic carbocycles. The summed E-state index contributed by atoms with van der Waals surface area (Å²) in [6.45, 7) is 1.36. The van der Waals surface area contributed by atoms with E-state index in [9.17, 15) is 27.9 Å². The van der Waals surface area contributed by atoms with E-state index in [4.69, 9.17) is 16.2 Å². The number of benzene rings is 2. The molecule has 2 rings (SSSR count). The van der Waals surface area contributed by atoms with E-state index in [1.807, 2.05) is 6.26 Å². The van der Waals surface area contributed by atoms with Crippen LogP contribution in [0.4, 0.5) is 0 Å². The normalized spacial score (nSPS) is 13.7. The van der Waals surface area contributed by atoms with Crippen molar-refractivity contribution in [3.8, 4) is 0 Å². The summed E-state index contributed by atoms with van der Waals surface area (Å²) in [5.41, 5.74) is 6.60. The standard InChI is InChI=1S/C24H31N5O7S2/c1-14(30)20(29-38(35,36)18-9-7-17(8-10-18)24(33)34)23(32)28-19(11-12-37-2)22(31)27-13-15-3-5-16(6-4-15)21(25)26/h3-10,14,19-20,29-30H,11-13H2,1-2H3,(H3,25,26)(H,27,31)(H,28,32)(H,33,34)/t14?,19-,20+/m0/s1. The van der Waals surface area contributed by atoms with Crippen molar-refractivity contribution in [2.75, 3.05) is 12.0 Å². The number of carboxylic acids is 1. The molecule has 1 unspecified atom stereocenters. The first-order valence-electron chi connectivity index (χ1n) is 11.4. The third kappa shape index (κ3) is 8.83. The summed E-state index contributed by atoms with van der Waals surface area (Å²) in [6.07, 6.45) is 0.625. The van der Waals surface area contributed by atoms with Crippen LogP contribution in [-0.4, -0.2) is 72.4 Å². The lowest BCUT2D eigenvalue weighted by atomic mass is 10.1. The summed E-state index contributed by atoms with van der Waals surface area (Å²) in [7, 11) is -4.31. The number of amides is 2. The van der Waals surface area contributed by atoms with Gasteiger partial charge in [0.1, 0.15) is 17.9 Å². The molecule has 0 bridgehead atoms. The summed E-state index contributed by atoms with van der Waals surface area (Å²) in [4.78, 5) is 36.6. The van der Waals surface area contributed by atoms with Crippen LogP contribution in [0.3, 0.4) is 0 Å². The summed E-state index contributed by atoms with van der Waals surface area (Å²) in [6, 6.07) is 8.41. The molecule has 2 aromatic rings. The maximum Gasteiger partial charge on any atom is 0.335 e. The molecule has 3 atom stereocenters. The van der Waals surface area contributed by atoms with Gasteiger partial charge >= 0.3 is 5.97 Å². The molecule has 0 fully saturated rings. The molecule has 38 heavy (non-hydrogen) atoms. The average molecular weight is 566 g/mol. The van der Waals surface area contributed by atoms with Crippen molar-refractivity contribution in [2.24, 2.45) is 5.73 Å². The van der Waals surface area contributed by atoms with E-state index in [-0.39, 0.29) is 29.3 Å². The van der Waals surface area contributed by atoms with E-state index in [1.165, 1.54) is 18.7 Å². The zero-order valence-corrected chi connectivity index (χ0v) is 22.4. The first-order valence-corrected chi connectivity index (χ1v) is 14.3. The van der Waals surface area contributed by atoms with Gasteiger partial charge in [-0.25, -0.2) is 13.2 Å². The van der Waals surface area contributed by atoms with Gasteiger partial charge in [-0.3, -0.25) is 15.0 Å². The lowest BCUT2D eigenvalue weighted by Gasteiger charge is -2.24. The zero-order chi connectivity index (χ0) is 28.5. The second-order valence-corrected chi connectivity index (χ2v) is 11.0. The van der Waals surface area contributed by atoms with Crippen molar-refractivity contribution in [3.05, 3.63) is 65.2 Å². The number of thioether (sulfide) groups is 1. The van der Waals surface area contributed by atoms with Crippen LogP contribution in [0.25, 0.3) is 0 Å². The Morgan fingerprint density at radius 3 is 2.11 bits per heavy atom. The van der Waals surface area contributed by atoms with E-state index in [1.54, 1.807) is 24.3 Å². The van der Waals surface area contributed by atoms with Crippen molar-refractivity contribution in [1.29, 1.82) is 5.41 Å². The number of aliphatic hydroxyl groups excluding tert-OH is 1. The van der Waals surface area contributed by atoms with Crippen LogP contribution in [0.2, 0.25) is 0 Å². The Labute approximate surface area is 224 Å². The van der Waals surface area contributed by atoms with Crippen molar-refractivity contribution in [1.82, 2.24) is 15.4 Å². The molecule has 0 saturated carbocycles. The third-order valence-electron chi connectivity index (χ3n) is 5.43. The Kier molecular flexibility index (Phi) is 11.3. The summed E-state index contributed by atoms with van der Waals surface area (Å²) >= 11 is 1.45. The lowest BCUT2D eigenvalue weighted by molar-refractivity contribution is -0.131. The van der Waals surface area contributed by atoms with Crippen LogP contribution in [-0.2, 0) is 26.2 Å². The number of carboxylic acid groups (broad SMARTS) is 1. The molecule has 206 valence electrons. The Hall–Kier alpha value is -3.46. The predicted octanol–water partition coefficient (Wildman–Crippen LogP) is 0.251. The van der Waals surface area contributed by atoms with Gasteiger partial charge in [-0.1, -0.05) is 24.3 Å². The SMILES string of the molecule is CSCC[C@H](NC(=O)[C@H](NS(=O)(=O)c1ccc(C(=O)O)cc1)C(C)O)C(=O)NCc1ccc(C(=N)N)cc1. The molecule has 0 radical (unpaired) electrons. The van der Waals surface area contributed by atoms with Gasteiger partial charge in [-0.05, 0) is 55.2 Å². The fourth-order valence-electron chi connectivity index (χ4n) is 3.26. The zero-order valence-electron chi connectivity index (χ0n) is 20.8. The van der Waals surface area contributed by atoms with Gasteiger partial charge in [0.15, 0.2) is 0 Å². The van der Waals surface area contributed by atoms with Gasteiger partial charge in [0.25, 0.3) is 0 Å². The highest BCUT2D eigenvalue weighted by Crippen LogP contribution is 2.13. The largest absolute Gasteiger partial charge is 0.478 e. The maximum atomic E-state index is 13.0. The third-order valence-corrected chi connectivity index (χ3v) is 7.53. The van der Waals surface area contributed by atoms with E-state index in [0.717, 1.165) is 29.8 Å². The van der Waals surface area contributed by atoms with E-state index in [2.05, 4.69) is 15.4 Å². The van der Waals surface area contributed by atoms with Crippen LogP contribution in [0.15, 0.2) is 53.4 Å². The molecule has 0 aliphatic carbocycles. The number of hydrogen-bond donors (Lipinski definition) is 7.